The average Bonchev–Trinajstić information content (AvgIpc) is 3.17. The number of nitrogens with zero attached hydrogens (tertiary/aromatic N) is 3. The van der Waals surface area contributed by atoms with E-state index >= 15 is 0 Å². The summed E-state index contributed by atoms with van der Waals surface area (Å²) in [6.07, 6.45) is 4.28. The number of carbonyl (C=O) groups excluding carboxylic acids is 2. The smallest absolute Gasteiger partial charge is 0.323 e. The zero-order chi connectivity index (χ0) is 20.9. The van der Waals surface area contributed by atoms with Gasteiger partial charge in [0.05, 0.1) is 0 Å². The second kappa shape index (κ2) is 9.61. The van der Waals surface area contributed by atoms with Gasteiger partial charge in [0.2, 0.25) is 5.91 Å². The van der Waals surface area contributed by atoms with Crippen molar-refractivity contribution < 1.29 is 18.8 Å². The summed E-state index contributed by atoms with van der Waals surface area (Å²) < 4.78 is 10.8. The van der Waals surface area contributed by atoms with E-state index in [1.807, 2.05) is 4.90 Å². The topological polar surface area (TPSA) is 87.9 Å². The average molecular weight is 407 g/mol. The van der Waals surface area contributed by atoms with Crippen LogP contribution in [0.15, 0.2) is 10.6 Å². The van der Waals surface area contributed by atoms with Crippen molar-refractivity contribution in [2.75, 3.05) is 44.7 Å². The molecule has 0 saturated carbocycles. The third-order valence-electron chi connectivity index (χ3n) is 6.21. The van der Waals surface area contributed by atoms with Crippen LogP contribution < -0.4 is 5.32 Å². The molecule has 0 spiro atoms. The second-order valence-electron chi connectivity index (χ2n) is 8.65. The van der Waals surface area contributed by atoms with Crippen LogP contribution in [0.4, 0.5) is 10.6 Å². The highest BCUT2D eigenvalue weighted by atomic mass is 16.5. The van der Waals surface area contributed by atoms with E-state index in [0.717, 1.165) is 44.4 Å². The van der Waals surface area contributed by atoms with Crippen molar-refractivity contribution in [1.82, 2.24) is 15.0 Å². The van der Waals surface area contributed by atoms with Gasteiger partial charge < -0.3 is 19.1 Å². The van der Waals surface area contributed by atoms with E-state index in [9.17, 15) is 9.59 Å². The van der Waals surface area contributed by atoms with Gasteiger partial charge in [-0.1, -0.05) is 25.9 Å². The summed E-state index contributed by atoms with van der Waals surface area (Å²) in [6.45, 7) is 10.1. The summed E-state index contributed by atoms with van der Waals surface area (Å²) in [5, 5.41) is 6.85. The van der Waals surface area contributed by atoms with E-state index in [4.69, 9.17) is 9.26 Å². The number of hydrogen-bond donors (Lipinski definition) is 1. The van der Waals surface area contributed by atoms with Crippen LogP contribution in [-0.4, -0.2) is 66.3 Å². The minimum atomic E-state index is -0.195. The molecule has 1 aromatic rings. The maximum atomic E-state index is 12.8. The molecule has 0 aromatic carbocycles. The van der Waals surface area contributed by atoms with Crippen LogP contribution in [-0.2, 0) is 14.9 Å². The molecule has 3 rings (SSSR count). The van der Waals surface area contributed by atoms with Crippen LogP contribution in [0.1, 0.15) is 58.6 Å². The number of anilines is 1. The molecule has 0 bridgehead atoms. The lowest BCUT2D eigenvalue weighted by molar-refractivity contribution is -0.139. The Morgan fingerprint density at radius 1 is 1.14 bits per heavy atom. The normalized spacial score (nSPS) is 19.6. The van der Waals surface area contributed by atoms with E-state index in [1.54, 1.807) is 11.0 Å². The quantitative estimate of drug-likeness (QED) is 0.829. The van der Waals surface area contributed by atoms with E-state index < -0.39 is 0 Å². The summed E-state index contributed by atoms with van der Waals surface area (Å²) in [6, 6.07) is 1.60. The molecule has 1 aromatic heterocycles. The Morgan fingerprint density at radius 3 is 2.48 bits per heavy atom. The Bertz CT molecular complexity index is 697. The number of urea groups is 1. The number of ether oxygens (including phenoxy) is 1. The van der Waals surface area contributed by atoms with Gasteiger partial charge in [0, 0.05) is 56.8 Å². The van der Waals surface area contributed by atoms with Gasteiger partial charge in [-0.05, 0) is 32.1 Å². The molecule has 0 aliphatic carbocycles. The highest BCUT2D eigenvalue weighted by Crippen LogP contribution is 2.28. The van der Waals surface area contributed by atoms with Gasteiger partial charge >= 0.3 is 6.03 Å². The van der Waals surface area contributed by atoms with Crippen molar-refractivity contribution >= 4 is 17.8 Å². The van der Waals surface area contributed by atoms with E-state index in [2.05, 4.69) is 31.2 Å². The minimum Gasteiger partial charge on any atom is -0.381 e. The third kappa shape index (κ3) is 5.50. The van der Waals surface area contributed by atoms with Gasteiger partial charge in [-0.25, -0.2) is 4.79 Å². The Balaban J connectivity index is 1.56. The minimum absolute atomic E-state index is 0.0564. The molecule has 162 valence electrons. The SMILES string of the molecule is CCC(C)(C)c1cc(NC(=O)N2CCCCN(C(=O)C3CCOCC3)CC2)no1. The number of nitrogens with one attached hydrogen (secondary N) is 1. The van der Waals surface area contributed by atoms with Crippen LogP contribution >= 0.6 is 0 Å². The van der Waals surface area contributed by atoms with Gasteiger partial charge in [-0.3, -0.25) is 10.1 Å². The maximum absolute atomic E-state index is 12.8. The zero-order valence-corrected chi connectivity index (χ0v) is 17.9. The van der Waals surface area contributed by atoms with E-state index in [-0.39, 0.29) is 23.3 Å². The fourth-order valence-electron chi connectivity index (χ4n) is 3.71. The van der Waals surface area contributed by atoms with Crippen molar-refractivity contribution in [3.05, 3.63) is 11.8 Å². The van der Waals surface area contributed by atoms with Crippen molar-refractivity contribution in [2.24, 2.45) is 5.92 Å². The zero-order valence-electron chi connectivity index (χ0n) is 17.9. The molecule has 0 atom stereocenters. The first-order chi connectivity index (χ1) is 13.9. The van der Waals surface area contributed by atoms with Gasteiger partial charge in [-0.2, -0.15) is 0 Å². The molecule has 0 radical (unpaired) electrons. The summed E-state index contributed by atoms with van der Waals surface area (Å²) in [7, 11) is 0. The highest BCUT2D eigenvalue weighted by molar-refractivity contribution is 5.88. The molecule has 1 N–H and O–H groups in total. The number of aromatic nitrogens is 1. The number of rotatable bonds is 4. The maximum Gasteiger partial charge on any atom is 0.323 e. The first kappa shape index (κ1) is 21.6. The van der Waals surface area contributed by atoms with Crippen LogP contribution in [0.25, 0.3) is 0 Å². The monoisotopic (exact) mass is 406 g/mol. The van der Waals surface area contributed by atoms with Crippen molar-refractivity contribution in [2.45, 2.75) is 58.3 Å². The van der Waals surface area contributed by atoms with E-state index in [0.29, 0.717) is 38.7 Å². The molecule has 2 saturated heterocycles. The predicted octanol–water partition coefficient (Wildman–Crippen LogP) is 3.25. The van der Waals surface area contributed by atoms with Crippen molar-refractivity contribution in [3.8, 4) is 0 Å². The van der Waals surface area contributed by atoms with Crippen LogP contribution in [0.3, 0.4) is 0 Å². The summed E-state index contributed by atoms with van der Waals surface area (Å²) in [5.74, 6) is 1.46. The Kier molecular flexibility index (Phi) is 7.16. The molecule has 2 fully saturated rings. The highest BCUT2D eigenvalue weighted by Gasteiger charge is 2.28. The van der Waals surface area contributed by atoms with Gasteiger partial charge in [0.25, 0.3) is 0 Å². The molecular weight excluding hydrogens is 372 g/mol. The van der Waals surface area contributed by atoms with Crippen molar-refractivity contribution in [1.29, 1.82) is 0 Å². The lowest BCUT2D eigenvalue weighted by Gasteiger charge is -2.33. The first-order valence-electron chi connectivity index (χ1n) is 10.8. The lowest BCUT2D eigenvalue weighted by Crippen LogP contribution is -2.47. The van der Waals surface area contributed by atoms with E-state index in [1.165, 1.54) is 0 Å². The molecule has 8 heteroatoms. The third-order valence-corrected chi connectivity index (χ3v) is 6.21. The van der Waals surface area contributed by atoms with Gasteiger partial charge in [0.1, 0.15) is 5.76 Å². The lowest BCUT2D eigenvalue weighted by atomic mass is 9.87. The van der Waals surface area contributed by atoms with Crippen molar-refractivity contribution in [3.63, 3.8) is 0 Å². The summed E-state index contributed by atoms with van der Waals surface area (Å²) >= 11 is 0. The van der Waals surface area contributed by atoms with Gasteiger partial charge in [0.15, 0.2) is 5.82 Å². The molecule has 0 unspecified atom stereocenters. The molecule has 29 heavy (non-hydrogen) atoms. The Labute approximate surface area is 172 Å². The Hall–Kier alpha value is -2.09. The summed E-state index contributed by atoms with van der Waals surface area (Å²) in [4.78, 5) is 29.3. The fourth-order valence-corrected chi connectivity index (χ4v) is 3.71. The Morgan fingerprint density at radius 2 is 1.79 bits per heavy atom. The summed E-state index contributed by atoms with van der Waals surface area (Å²) in [5.41, 5.74) is -0.123. The van der Waals surface area contributed by atoms with Crippen LogP contribution in [0.5, 0.6) is 0 Å². The van der Waals surface area contributed by atoms with Crippen LogP contribution in [0.2, 0.25) is 0 Å². The number of hydrogen-bond acceptors (Lipinski definition) is 5. The molecule has 3 heterocycles. The van der Waals surface area contributed by atoms with Gasteiger partial charge in [-0.15, -0.1) is 0 Å². The molecule has 3 amide bonds. The first-order valence-corrected chi connectivity index (χ1v) is 10.8. The molecule has 2 aliphatic heterocycles. The number of amides is 3. The fraction of sp³-hybridized carbons (Fsp3) is 0.762. The number of carbonyl (C=O) groups is 2. The molecule has 8 nitrogen and oxygen atoms in total. The largest absolute Gasteiger partial charge is 0.381 e. The predicted molar refractivity (Wildman–Crippen MR) is 110 cm³/mol. The molecule has 2 aliphatic rings. The second-order valence-corrected chi connectivity index (χ2v) is 8.65. The van der Waals surface area contributed by atoms with Crippen LogP contribution in [0, 0.1) is 5.92 Å². The standard InChI is InChI=1S/C21H34N4O4/c1-4-21(2,3)17-15-18(23-29-17)22-20(27)25-10-6-5-9-24(11-12-25)19(26)16-7-13-28-14-8-16/h15-16H,4-14H2,1-3H3,(H,22,23,27). The molecular formula is C21H34N4O4.